The fourth-order valence-corrected chi connectivity index (χ4v) is 4.74. The largest absolute Gasteiger partial charge is 0.353 e. The molecule has 0 atom stereocenters. The summed E-state index contributed by atoms with van der Waals surface area (Å²) in [6.07, 6.45) is 8.96. The normalized spacial score (nSPS) is 12.1. The fraction of sp³-hybridized carbons (Fsp3) is 0.0769. The van der Waals surface area contributed by atoms with Crippen LogP contribution in [-0.2, 0) is 6.54 Å². The van der Waals surface area contributed by atoms with Crippen LogP contribution in [0.3, 0.4) is 0 Å². The standard InChI is InChI=1S/C26H23FN8S/c1-36(2,3)32-11-15-6-16(8-18(27)7-15)25-19-10-23(33-21(19)4-5-28-25)26-20-9-22(17-12-30-31-13-17)29-14-24(20)34-35-26/h4-10,12-14,32-33H,1-2,11H2,3H3,(H,30,31)(H,34,35). The topological polar surface area (TPSA) is 111 Å². The predicted molar refractivity (Wildman–Crippen MR) is 147 cm³/mol. The molecule has 36 heavy (non-hydrogen) atoms. The Kier molecular flexibility index (Phi) is 5.20. The van der Waals surface area contributed by atoms with Crippen molar-refractivity contribution in [1.82, 2.24) is 40.1 Å². The summed E-state index contributed by atoms with van der Waals surface area (Å²) < 4.78 is 17.9. The summed E-state index contributed by atoms with van der Waals surface area (Å²) in [5.41, 5.74) is 7.17. The summed E-state index contributed by atoms with van der Waals surface area (Å²) in [5, 5.41) is 16.2. The first-order valence-corrected chi connectivity index (χ1v) is 13.5. The zero-order chi connectivity index (χ0) is 24.9. The number of fused-ring (bicyclic) bond motifs is 2. The van der Waals surface area contributed by atoms with Gasteiger partial charge < -0.3 is 4.98 Å². The van der Waals surface area contributed by atoms with Crippen molar-refractivity contribution in [2.45, 2.75) is 6.54 Å². The molecule has 5 heterocycles. The Balaban J connectivity index is 1.44. The molecule has 0 aliphatic carbocycles. The molecule has 8 nitrogen and oxygen atoms in total. The highest BCUT2D eigenvalue weighted by Crippen LogP contribution is 2.34. The third-order valence-electron chi connectivity index (χ3n) is 5.90. The second-order valence-electron chi connectivity index (χ2n) is 8.92. The Morgan fingerprint density at radius 3 is 2.64 bits per heavy atom. The lowest BCUT2D eigenvalue weighted by molar-refractivity contribution is 0.625. The summed E-state index contributed by atoms with van der Waals surface area (Å²) in [4.78, 5) is 12.5. The van der Waals surface area contributed by atoms with E-state index in [1.54, 1.807) is 24.8 Å². The average Bonchev–Trinajstić information content (AvgIpc) is 3.60. The van der Waals surface area contributed by atoms with Gasteiger partial charge >= 0.3 is 0 Å². The number of benzene rings is 1. The van der Waals surface area contributed by atoms with Crippen molar-refractivity contribution in [2.24, 2.45) is 0 Å². The van der Waals surface area contributed by atoms with Crippen molar-refractivity contribution in [1.29, 1.82) is 0 Å². The van der Waals surface area contributed by atoms with Gasteiger partial charge in [-0.15, -0.1) is 0 Å². The smallest absolute Gasteiger partial charge is 0.124 e. The molecule has 6 rings (SSSR count). The Labute approximate surface area is 206 Å². The van der Waals surface area contributed by atoms with Crippen LogP contribution < -0.4 is 4.72 Å². The van der Waals surface area contributed by atoms with E-state index < -0.39 is 9.39 Å². The van der Waals surface area contributed by atoms with Crippen molar-refractivity contribution in [3.8, 4) is 33.9 Å². The first-order chi connectivity index (χ1) is 17.3. The number of nitrogens with one attached hydrogen (secondary N) is 4. The minimum absolute atomic E-state index is 0.318. The maximum absolute atomic E-state index is 14.6. The quantitative estimate of drug-likeness (QED) is 0.242. The van der Waals surface area contributed by atoms with Crippen molar-refractivity contribution >= 4 is 42.9 Å². The molecular weight excluding hydrogens is 475 g/mol. The molecule has 4 N–H and O–H groups in total. The molecule has 0 saturated carbocycles. The fourth-order valence-electron chi connectivity index (χ4n) is 4.23. The van der Waals surface area contributed by atoms with Gasteiger partial charge in [-0.25, -0.2) is 4.39 Å². The van der Waals surface area contributed by atoms with E-state index in [-0.39, 0.29) is 5.82 Å². The molecule has 0 fully saturated rings. The molecule has 0 aliphatic rings. The molecule has 0 saturated heterocycles. The number of H-pyrrole nitrogens is 3. The third-order valence-corrected chi connectivity index (χ3v) is 6.74. The van der Waals surface area contributed by atoms with E-state index in [0.29, 0.717) is 17.8 Å². The minimum Gasteiger partial charge on any atom is -0.353 e. The van der Waals surface area contributed by atoms with Crippen LogP contribution in [0.4, 0.5) is 4.39 Å². The summed E-state index contributed by atoms with van der Waals surface area (Å²) >= 11 is 0. The van der Waals surface area contributed by atoms with Gasteiger partial charge in [0.15, 0.2) is 0 Å². The lowest BCUT2D eigenvalue weighted by atomic mass is 10.0. The number of aromatic nitrogens is 7. The van der Waals surface area contributed by atoms with Crippen molar-refractivity contribution in [2.75, 3.05) is 6.26 Å². The molecule has 0 radical (unpaired) electrons. The highest BCUT2D eigenvalue weighted by molar-refractivity contribution is 8.25. The SMILES string of the molecule is C=S(=C)(C)NCc1cc(F)cc(-c2nccc3[nH]c(-c4n[nH]c5cnc(-c6cn[nH]c6)cc45)cc23)c1. The zero-order valence-corrected chi connectivity index (χ0v) is 20.3. The van der Waals surface area contributed by atoms with Gasteiger partial charge in [0.25, 0.3) is 0 Å². The van der Waals surface area contributed by atoms with E-state index in [9.17, 15) is 4.39 Å². The maximum Gasteiger partial charge on any atom is 0.124 e. The van der Waals surface area contributed by atoms with E-state index >= 15 is 0 Å². The van der Waals surface area contributed by atoms with Gasteiger partial charge in [0.1, 0.15) is 11.5 Å². The number of rotatable bonds is 6. The van der Waals surface area contributed by atoms with Gasteiger partial charge in [-0.2, -0.15) is 19.6 Å². The number of nitrogens with zero attached hydrogens (tertiary/aromatic N) is 4. The van der Waals surface area contributed by atoms with E-state index in [0.717, 1.165) is 50.0 Å². The van der Waals surface area contributed by atoms with Crippen molar-refractivity contribution in [3.05, 3.63) is 72.6 Å². The van der Waals surface area contributed by atoms with Crippen LogP contribution in [0.15, 0.2) is 61.2 Å². The first-order valence-electron chi connectivity index (χ1n) is 11.1. The lowest BCUT2D eigenvalue weighted by Crippen LogP contribution is -2.08. The monoisotopic (exact) mass is 498 g/mol. The molecule has 0 spiro atoms. The maximum atomic E-state index is 14.6. The van der Waals surface area contributed by atoms with Crippen molar-refractivity contribution < 1.29 is 4.39 Å². The highest BCUT2D eigenvalue weighted by atomic mass is 32.2. The van der Waals surface area contributed by atoms with Gasteiger partial charge in [-0.3, -0.25) is 24.9 Å². The van der Waals surface area contributed by atoms with E-state index in [2.05, 4.69) is 51.8 Å². The van der Waals surface area contributed by atoms with Crippen LogP contribution >= 0.6 is 9.39 Å². The minimum atomic E-state index is -1.42. The molecular formula is C26H23FN8S. The molecule has 0 aliphatic heterocycles. The first kappa shape index (κ1) is 22.2. The van der Waals surface area contributed by atoms with Crippen LogP contribution in [-0.4, -0.2) is 53.3 Å². The number of halogens is 1. The van der Waals surface area contributed by atoms with Gasteiger partial charge in [-0.1, -0.05) is 11.7 Å². The lowest BCUT2D eigenvalue weighted by Gasteiger charge is -2.12. The molecule has 10 heteroatoms. The van der Waals surface area contributed by atoms with Crippen molar-refractivity contribution in [3.63, 3.8) is 0 Å². The predicted octanol–water partition coefficient (Wildman–Crippen LogP) is 5.00. The number of pyridine rings is 2. The van der Waals surface area contributed by atoms with Gasteiger partial charge in [-0.05, 0) is 48.2 Å². The van der Waals surface area contributed by atoms with Gasteiger partial charge in [0.2, 0.25) is 0 Å². The molecule has 0 amide bonds. The molecule has 1 aromatic carbocycles. The summed E-state index contributed by atoms with van der Waals surface area (Å²) in [7, 11) is -1.42. The molecule has 180 valence electrons. The molecule has 0 bridgehead atoms. The van der Waals surface area contributed by atoms with Crippen LogP contribution in [0.1, 0.15) is 5.56 Å². The number of aromatic amines is 3. The Morgan fingerprint density at radius 2 is 1.83 bits per heavy atom. The zero-order valence-electron chi connectivity index (χ0n) is 19.5. The van der Waals surface area contributed by atoms with E-state index in [4.69, 9.17) is 0 Å². The van der Waals surface area contributed by atoms with Crippen LogP contribution in [0.2, 0.25) is 0 Å². The highest BCUT2D eigenvalue weighted by Gasteiger charge is 2.16. The van der Waals surface area contributed by atoms with E-state index in [1.165, 1.54) is 12.1 Å². The van der Waals surface area contributed by atoms with E-state index in [1.807, 2.05) is 30.5 Å². The second kappa shape index (κ2) is 8.43. The van der Waals surface area contributed by atoms with Crippen LogP contribution in [0.5, 0.6) is 0 Å². The van der Waals surface area contributed by atoms with Gasteiger partial charge in [0.05, 0.1) is 35.0 Å². The number of hydrogen-bond acceptors (Lipinski definition) is 5. The summed E-state index contributed by atoms with van der Waals surface area (Å²) in [6, 6.07) is 10.9. The van der Waals surface area contributed by atoms with Crippen LogP contribution in [0.25, 0.3) is 55.7 Å². The molecule has 6 aromatic rings. The molecule has 5 aromatic heterocycles. The Hall–Kier alpha value is -4.28. The second-order valence-corrected chi connectivity index (χ2v) is 11.8. The summed E-state index contributed by atoms with van der Waals surface area (Å²) in [6.45, 7) is 0.476. The van der Waals surface area contributed by atoms with Gasteiger partial charge in [0, 0.05) is 46.4 Å². The Bertz CT molecular complexity index is 1830. The van der Waals surface area contributed by atoms with Crippen LogP contribution in [0, 0.1) is 5.82 Å². The third kappa shape index (κ3) is 4.16. The Morgan fingerprint density at radius 1 is 0.972 bits per heavy atom. The summed E-state index contributed by atoms with van der Waals surface area (Å²) in [5.74, 6) is 7.75. The average molecular weight is 499 g/mol. The number of hydrogen-bond donors (Lipinski definition) is 4. The molecule has 0 unspecified atom stereocenters.